The van der Waals surface area contributed by atoms with E-state index in [9.17, 15) is 65.4 Å². The summed E-state index contributed by atoms with van der Waals surface area (Å²) in [7, 11) is 0. The summed E-state index contributed by atoms with van der Waals surface area (Å²) in [6.45, 7) is -2.76. The molecule has 6 unspecified atom stereocenters. The molecule has 10 N–H and O–H groups in total. The zero-order valence-electron chi connectivity index (χ0n) is 24.8. The third-order valence-corrected chi connectivity index (χ3v) is 8.09. The van der Waals surface area contributed by atoms with E-state index in [4.69, 9.17) is 33.3 Å². The number of amides is 2. The Balaban J connectivity index is 1.46. The van der Waals surface area contributed by atoms with Crippen molar-refractivity contribution in [3.63, 3.8) is 0 Å². The SMILES string of the molecule is O=C(CCCO[C@H]1OC(CO)[C@@H](O)[C@H](O)C1O[C@H]1OC(CO)[C@@H](O)[C@H](O)C1O[C@@H]1OC(CO)[C@@H](O)[C@H](O)C1O)ON1C(=O)CCC1=O. The average Bonchev–Trinajstić information content (AvgIpc) is 3.37. The minimum Gasteiger partial charge on any atom is -0.394 e. The molecule has 0 saturated carbocycles. The Morgan fingerprint density at radius 2 is 1.09 bits per heavy atom. The van der Waals surface area contributed by atoms with Crippen LogP contribution in [-0.2, 0) is 47.6 Å². The van der Waals surface area contributed by atoms with E-state index in [1.165, 1.54) is 0 Å². The second-order valence-corrected chi connectivity index (χ2v) is 11.3. The monoisotopic (exact) mass is 687 g/mol. The van der Waals surface area contributed by atoms with Gasteiger partial charge in [-0.05, 0) is 6.42 Å². The van der Waals surface area contributed by atoms with Crippen LogP contribution < -0.4 is 0 Å². The molecule has 0 spiro atoms. The molecular formula is C26H41NO20. The Kier molecular flexibility index (Phi) is 13.3. The molecule has 4 rings (SSSR count). The number of carbonyl (C=O) groups is 3. The summed E-state index contributed by atoms with van der Waals surface area (Å²) in [6.07, 6.45) is -26.8. The summed E-state index contributed by atoms with van der Waals surface area (Å²) in [5.74, 6) is -2.26. The predicted molar refractivity (Wildman–Crippen MR) is 141 cm³/mol. The smallest absolute Gasteiger partial charge is 0.333 e. The molecule has 15 atom stereocenters. The molecule has 21 heteroatoms. The first-order valence-corrected chi connectivity index (χ1v) is 14.9. The molecular weight excluding hydrogens is 646 g/mol. The van der Waals surface area contributed by atoms with Crippen LogP contribution >= 0.6 is 0 Å². The van der Waals surface area contributed by atoms with Gasteiger partial charge in [0.25, 0.3) is 11.8 Å². The summed E-state index contributed by atoms with van der Waals surface area (Å²) in [5, 5.41) is 103. The number of aliphatic hydroxyl groups is 10. The average molecular weight is 688 g/mol. The van der Waals surface area contributed by atoms with Crippen molar-refractivity contribution in [2.24, 2.45) is 0 Å². The minimum atomic E-state index is -1.95. The van der Waals surface area contributed by atoms with Crippen LogP contribution in [0.3, 0.4) is 0 Å². The van der Waals surface area contributed by atoms with Gasteiger partial charge in [-0.2, -0.15) is 0 Å². The van der Waals surface area contributed by atoms with Crippen LogP contribution in [0.5, 0.6) is 0 Å². The van der Waals surface area contributed by atoms with Crippen molar-refractivity contribution in [3.8, 4) is 0 Å². The molecule has 47 heavy (non-hydrogen) atoms. The van der Waals surface area contributed by atoms with Gasteiger partial charge in [0.15, 0.2) is 18.9 Å². The van der Waals surface area contributed by atoms with Crippen molar-refractivity contribution in [2.45, 2.75) is 118 Å². The number of rotatable bonds is 13. The molecule has 4 saturated heterocycles. The van der Waals surface area contributed by atoms with E-state index in [-0.39, 0.29) is 32.3 Å². The Morgan fingerprint density at radius 3 is 1.62 bits per heavy atom. The molecule has 0 aliphatic carbocycles. The van der Waals surface area contributed by atoms with Gasteiger partial charge >= 0.3 is 5.97 Å². The molecule has 4 aliphatic heterocycles. The number of aliphatic hydroxyl groups excluding tert-OH is 10. The third-order valence-electron chi connectivity index (χ3n) is 8.09. The lowest BCUT2D eigenvalue weighted by Crippen LogP contribution is -2.67. The van der Waals surface area contributed by atoms with E-state index >= 15 is 0 Å². The normalized spacial score (nSPS) is 42.9. The molecule has 4 fully saturated rings. The van der Waals surface area contributed by atoms with Gasteiger partial charge < -0.3 is 84.3 Å². The van der Waals surface area contributed by atoms with E-state index in [0.29, 0.717) is 5.06 Å². The van der Waals surface area contributed by atoms with E-state index in [0.717, 1.165) is 0 Å². The minimum absolute atomic E-state index is 0.0790. The molecule has 0 aromatic heterocycles. The maximum atomic E-state index is 12.1. The molecule has 0 radical (unpaired) electrons. The number of hydrogen-bond donors (Lipinski definition) is 10. The van der Waals surface area contributed by atoms with Crippen molar-refractivity contribution >= 4 is 17.8 Å². The predicted octanol–water partition coefficient (Wildman–Crippen LogP) is -7.16. The topological polar surface area (TPSA) is 321 Å². The van der Waals surface area contributed by atoms with Crippen molar-refractivity contribution in [1.29, 1.82) is 0 Å². The van der Waals surface area contributed by atoms with Crippen LogP contribution in [0.15, 0.2) is 0 Å². The largest absolute Gasteiger partial charge is 0.394 e. The molecule has 0 aromatic rings. The van der Waals surface area contributed by atoms with Crippen LogP contribution in [-0.4, -0.2) is 192 Å². The number of carbonyl (C=O) groups excluding carboxylic acids is 3. The number of hydrogen-bond acceptors (Lipinski definition) is 20. The lowest BCUT2D eigenvalue weighted by atomic mass is 9.96. The number of nitrogens with zero attached hydrogens (tertiary/aromatic N) is 1. The highest BCUT2D eigenvalue weighted by molar-refractivity contribution is 6.01. The second kappa shape index (κ2) is 16.6. The van der Waals surface area contributed by atoms with Gasteiger partial charge in [0, 0.05) is 12.8 Å². The fourth-order valence-corrected chi connectivity index (χ4v) is 5.36. The van der Waals surface area contributed by atoms with Crippen LogP contribution in [0.1, 0.15) is 25.7 Å². The van der Waals surface area contributed by atoms with Crippen molar-refractivity contribution < 1.29 is 98.7 Å². The zero-order chi connectivity index (χ0) is 34.6. The third kappa shape index (κ3) is 8.41. The van der Waals surface area contributed by atoms with Gasteiger partial charge in [-0.3, -0.25) is 9.59 Å². The Morgan fingerprint density at radius 1 is 0.638 bits per heavy atom. The van der Waals surface area contributed by atoms with Gasteiger partial charge in [0.05, 0.1) is 32.8 Å². The van der Waals surface area contributed by atoms with Gasteiger partial charge in [-0.15, -0.1) is 5.06 Å². The van der Waals surface area contributed by atoms with Crippen LogP contribution in [0, 0.1) is 0 Å². The van der Waals surface area contributed by atoms with Gasteiger partial charge in [0.1, 0.15) is 73.2 Å². The zero-order valence-corrected chi connectivity index (χ0v) is 24.8. The van der Waals surface area contributed by atoms with E-state index in [1.807, 2.05) is 0 Å². The molecule has 2 amide bonds. The molecule has 4 aliphatic rings. The molecule has 21 nitrogen and oxygen atoms in total. The molecule has 4 heterocycles. The van der Waals surface area contributed by atoms with Crippen molar-refractivity contribution in [1.82, 2.24) is 5.06 Å². The van der Waals surface area contributed by atoms with E-state index < -0.39 is 130 Å². The number of ether oxygens (including phenoxy) is 6. The van der Waals surface area contributed by atoms with Gasteiger partial charge in [0.2, 0.25) is 0 Å². The lowest BCUT2D eigenvalue weighted by Gasteiger charge is -2.48. The summed E-state index contributed by atoms with van der Waals surface area (Å²) >= 11 is 0. The van der Waals surface area contributed by atoms with E-state index in [2.05, 4.69) is 0 Å². The van der Waals surface area contributed by atoms with E-state index in [1.54, 1.807) is 0 Å². The molecule has 0 bridgehead atoms. The molecule has 0 aromatic carbocycles. The summed E-state index contributed by atoms with van der Waals surface area (Å²) in [6, 6.07) is 0. The highest BCUT2D eigenvalue weighted by Gasteiger charge is 2.54. The maximum Gasteiger partial charge on any atom is 0.333 e. The first-order valence-electron chi connectivity index (χ1n) is 14.9. The fourth-order valence-electron chi connectivity index (χ4n) is 5.36. The number of hydroxylamine groups is 2. The van der Waals surface area contributed by atoms with Gasteiger partial charge in [-0.25, -0.2) is 4.79 Å². The van der Waals surface area contributed by atoms with Crippen molar-refractivity contribution in [2.75, 3.05) is 26.4 Å². The molecule has 270 valence electrons. The lowest BCUT2D eigenvalue weighted by molar-refractivity contribution is -0.393. The Labute approximate surface area is 266 Å². The van der Waals surface area contributed by atoms with Crippen LogP contribution in [0.25, 0.3) is 0 Å². The first-order chi connectivity index (χ1) is 22.3. The summed E-state index contributed by atoms with van der Waals surface area (Å²) in [4.78, 5) is 40.2. The second-order valence-electron chi connectivity index (χ2n) is 11.3. The highest BCUT2D eigenvalue weighted by Crippen LogP contribution is 2.33. The van der Waals surface area contributed by atoms with Crippen LogP contribution in [0.4, 0.5) is 0 Å². The fraction of sp³-hybridized carbons (Fsp3) is 0.885. The number of imide groups is 1. The quantitative estimate of drug-likeness (QED) is 0.0635. The summed E-state index contributed by atoms with van der Waals surface area (Å²) in [5.41, 5.74) is 0. The van der Waals surface area contributed by atoms with Crippen molar-refractivity contribution in [3.05, 3.63) is 0 Å². The first kappa shape index (κ1) is 37.8. The summed E-state index contributed by atoms with van der Waals surface area (Å²) < 4.78 is 33.4. The Bertz CT molecular complexity index is 1050. The standard InChI is InChI=1S/C26H41NO20/c28-6-9-15(34)18(37)21(40)24(42-9)45-23-20(39)17(36)11(8-30)44-26(23)46-22-19(38)16(35)10(7-29)43-25(22)41-5-1-2-14(33)47-27-12(31)3-4-13(27)32/h9-11,15-26,28-30,34-40H,1-8H2/t9?,10?,11?,15-,16-,17-,18+,19+,20+,21?,22?,23?,24+,25+,26-/m1/s1. The Hall–Kier alpha value is -2.03. The van der Waals surface area contributed by atoms with Gasteiger partial charge in [-0.1, -0.05) is 0 Å². The van der Waals surface area contributed by atoms with Crippen LogP contribution in [0.2, 0.25) is 0 Å². The highest BCUT2D eigenvalue weighted by atomic mass is 16.8. The maximum absolute atomic E-state index is 12.1.